The minimum Gasteiger partial charge on any atom is -0.349 e. The Morgan fingerprint density at radius 2 is 1.88 bits per heavy atom. The molecule has 0 saturated carbocycles. The van der Waals surface area contributed by atoms with Crippen molar-refractivity contribution in [2.75, 3.05) is 13.1 Å². The van der Waals surface area contributed by atoms with Gasteiger partial charge in [-0.05, 0) is 36.4 Å². The third-order valence-corrected chi connectivity index (χ3v) is 7.60. The van der Waals surface area contributed by atoms with Gasteiger partial charge in [-0.3, -0.25) is 4.79 Å². The van der Waals surface area contributed by atoms with Gasteiger partial charge in [-0.1, -0.05) is 29.8 Å². The number of piperidine rings is 1. The summed E-state index contributed by atoms with van der Waals surface area (Å²) in [5, 5.41) is 5.10. The summed E-state index contributed by atoms with van der Waals surface area (Å²) in [4.78, 5) is 12.3. The van der Waals surface area contributed by atoms with Crippen LogP contribution in [0.3, 0.4) is 0 Å². The van der Waals surface area contributed by atoms with Crippen molar-refractivity contribution in [3.63, 3.8) is 0 Å². The molecule has 1 aliphatic heterocycles. The molecule has 0 radical (unpaired) electrons. The van der Waals surface area contributed by atoms with Crippen LogP contribution in [-0.2, 0) is 10.0 Å². The van der Waals surface area contributed by atoms with E-state index >= 15 is 0 Å². The molecular weight excluding hydrogens is 368 g/mol. The van der Waals surface area contributed by atoms with Crippen LogP contribution in [0.4, 0.5) is 0 Å². The average Bonchev–Trinajstić information content (AvgIpc) is 3.11. The number of thiophene rings is 1. The molecule has 0 bridgehead atoms. The molecule has 1 aromatic heterocycles. The second kappa shape index (κ2) is 7.23. The molecule has 2 heterocycles. The lowest BCUT2D eigenvalue weighted by Gasteiger charge is -2.31. The first kappa shape index (κ1) is 17.4. The summed E-state index contributed by atoms with van der Waals surface area (Å²) in [5.41, 5.74) is 0.438. The maximum atomic E-state index is 12.5. The monoisotopic (exact) mass is 384 g/mol. The maximum absolute atomic E-state index is 12.5. The van der Waals surface area contributed by atoms with Crippen molar-refractivity contribution in [1.82, 2.24) is 9.62 Å². The van der Waals surface area contributed by atoms with Crippen molar-refractivity contribution < 1.29 is 13.2 Å². The summed E-state index contributed by atoms with van der Waals surface area (Å²) in [6.45, 7) is 0.793. The van der Waals surface area contributed by atoms with Crippen molar-refractivity contribution in [3.8, 4) is 0 Å². The Hall–Kier alpha value is -1.41. The first-order valence-electron chi connectivity index (χ1n) is 7.57. The second-order valence-corrected chi connectivity index (χ2v) is 9.08. The standard InChI is InChI=1S/C16H17ClN2O3S2/c17-14-5-2-1-4-13(14)16(20)18-12-7-9-19(10-8-12)24(21,22)15-6-3-11-23-15/h1-6,11-12H,7-10H2,(H,18,20). The summed E-state index contributed by atoms with van der Waals surface area (Å²) < 4.78 is 26.8. The number of hydrogen-bond acceptors (Lipinski definition) is 4. The number of nitrogens with zero attached hydrogens (tertiary/aromatic N) is 1. The molecule has 1 aliphatic rings. The van der Waals surface area contributed by atoms with Gasteiger partial charge < -0.3 is 5.32 Å². The number of carbonyl (C=O) groups is 1. The highest BCUT2D eigenvalue weighted by molar-refractivity contribution is 7.91. The van der Waals surface area contributed by atoms with E-state index in [0.29, 0.717) is 40.7 Å². The molecular formula is C16H17ClN2O3S2. The van der Waals surface area contributed by atoms with E-state index < -0.39 is 10.0 Å². The van der Waals surface area contributed by atoms with Crippen molar-refractivity contribution in [3.05, 3.63) is 52.4 Å². The lowest BCUT2D eigenvalue weighted by Crippen LogP contribution is -2.46. The van der Waals surface area contributed by atoms with E-state index in [0.717, 1.165) is 0 Å². The first-order chi connectivity index (χ1) is 11.5. The Bertz CT molecular complexity index is 814. The van der Waals surface area contributed by atoms with Crippen LogP contribution in [0.1, 0.15) is 23.2 Å². The molecule has 1 N–H and O–H groups in total. The normalized spacial score (nSPS) is 16.9. The number of sulfonamides is 1. The van der Waals surface area contributed by atoms with Crippen molar-refractivity contribution in [2.24, 2.45) is 0 Å². The zero-order chi connectivity index (χ0) is 17.2. The second-order valence-electron chi connectivity index (χ2n) is 5.56. The van der Waals surface area contributed by atoms with Crippen molar-refractivity contribution in [2.45, 2.75) is 23.1 Å². The quantitative estimate of drug-likeness (QED) is 0.881. The lowest BCUT2D eigenvalue weighted by molar-refractivity contribution is 0.0924. The van der Waals surface area contributed by atoms with E-state index in [4.69, 9.17) is 11.6 Å². The largest absolute Gasteiger partial charge is 0.349 e. The van der Waals surface area contributed by atoms with Crippen LogP contribution in [0.2, 0.25) is 5.02 Å². The fourth-order valence-corrected chi connectivity index (χ4v) is 5.52. The van der Waals surface area contributed by atoms with Crippen LogP contribution < -0.4 is 5.32 Å². The Labute approximate surface area is 150 Å². The Kier molecular flexibility index (Phi) is 5.24. The van der Waals surface area contributed by atoms with E-state index in [1.165, 1.54) is 15.6 Å². The number of nitrogens with one attached hydrogen (secondary N) is 1. The number of carbonyl (C=O) groups excluding carboxylic acids is 1. The zero-order valence-corrected chi connectivity index (χ0v) is 15.2. The van der Waals surface area contributed by atoms with Gasteiger partial charge in [0, 0.05) is 19.1 Å². The SMILES string of the molecule is O=C(NC1CCN(S(=O)(=O)c2cccs2)CC1)c1ccccc1Cl. The van der Waals surface area contributed by atoms with Crippen LogP contribution in [0, 0.1) is 0 Å². The molecule has 1 amide bonds. The highest BCUT2D eigenvalue weighted by Gasteiger charge is 2.30. The topological polar surface area (TPSA) is 66.5 Å². The van der Waals surface area contributed by atoms with Gasteiger partial charge in [0.15, 0.2) is 0 Å². The van der Waals surface area contributed by atoms with Crippen LogP contribution in [0.15, 0.2) is 46.0 Å². The van der Waals surface area contributed by atoms with E-state index in [-0.39, 0.29) is 11.9 Å². The summed E-state index contributed by atoms with van der Waals surface area (Å²) >= 11 is 7.25. The van der Waals surface area contributed by atoms with Crippen LogP contribution in [0.5, 0.6) is 0 Å². The third-order valence-electron chi connectivity index (χ3n) is 4.00. The molecule has 0 aliphatic carbocycles. The van der Waals surface area contributed by atoms with Crippen LogP contribution in [0.25, 0.3) is 0 Å². The highest BCUT2D eigenvalue weighted by atomic mass is 35.5. The number of amides is 1. The van der Waals surface area contributed by atoms with Gasteiger partial charge in [0.25, 0.3) is 15.9 Å². The molecule has 24 heavy (non-hydrogen) atoms. The number of halogens is 1. The zero-order valence-electron chi connectivity index (χ0n) is 12.8. The van der Waals surface area contributed by atoms with E-state index in [2.05, 4.69) is 5.32 Å². The molecule has 1 saturated heterocycles. The van der Waals surface area contributed by atoms with E-state index in [9.17, 15) is 13.2 Å². The number of benzene rings is 1. The Morgan fingerprint density at radius 1 is 1.17 bits per heavy atom. The fraction of sp³-hybridized carbons (Fsp3) is 0.312. The lowest BCUT2D eigenvalue weighted by atomic mass is 10.1. The third kappa shape index (κ3) is 3.64. The van der Waals surface area contributed by atoms with Gasteiger partial charge in [0.2, 0.25) is 0 Å². The molecule has 128 valence electrons. The summed E-state index contributed by atoms with van der Waals surface area (Å²) in [6.07, 6.45) is 1.17. The molecule has 2 aromatic rings. The summed E-state index contributed by atoms with van der Waals surface area (Å²) in [5.74, 6) is -0.222. The van der Waals surface area contributed by atoms with Crippen LogP contribution in [-0.4, -0.2) is 37.8 Å². The Morgan fingerprint density at radius 3 is 2.50 bits per heavy atom. The van der Waals surface area contributed by atoms with E-state index in [1.54, 1.807) is 41.8 Å². The fourth-order valence-electron chi connectivity index (χ4n) is 2.69. The molecule has 3 rings (SSSR count). The summed E-state index contributed by atoms with van der Waals surface area (Å²) in [7, 11) is -3.41. The van der Waals surface area contributed by atoms with Gasteiger partial charge in [-0.15, -0.1) is 11.3 Å². The van der Waals surface area contributed by atoms with Crippen molar-refractivity contribution in [1.29, 1.82) is 0 Å². The number of hydrogen-bond donors (Lipinski definition) is 1. The summed E-state index contributed by atoms with van der Waals surface area (Å²) in [6, 6.07) is 10.2. The molecule has 1 aromatic carbocycles. The van der Waals surface area contributed by atoms with Gasteiger partial charge in [-0.25, -0.2) is 8.42 Å². The molecule has 0 unspecified atom stereocenters. The molecule has 0 spiro atoms. The molecule has 5 nitrogen and oxygen atoms in total. The number of rotatable bonds is 4. The predicted octanol–water partition coefficient (Wildman–Crippen LogP) is 2.98. The Balaban J connectivity index is 1.60. The highest BCUT2D eigenvalue weighted by Crippen LogP contribution is 2.24. The first-order valence-corrected chi connectivity index (χ1v) is 10.3. The smallest absolute Gasteiger partial charge is 0.253 e. The average molecular weight is 385 g/mol. The molecule has 8 heteroatoms. The predicted molar refractivity (Wildman–Crippen MR) is 95.0 cm³/mol. The minimum absolute atomic E-state index is 0.0523. The van der Waals surface area contributed by atoms with Gasteiger partial charge in [-0.2, -0.15) is 4.31 Å². The molecule has 1 fully saturated rings. The van der Waals surface area contributed by atoms with Crippen molar-refractivity contribution >= 4 is 38.9 Å². The molecule has 0 atom stereocenters. The van der Waals surface area contributed by atoms with E-state index in [1.807, 2.05) is 0 Å². The van der Waals surface area contributed by atoms with Crippen LogP contribution >= 0.6 is 22.9 Å². The van der Waals surface area contributed by atoms with Gasteiger partial charge >= 0.3 is 0 Å². The van der Waals surface area contributed by atoms with Gasteiger partial charge in [0.05, 0.1) is 10.6 Å². The van der Waals surface area contributed by atoms with Gasteiger partial charge in [0.1, 0.15) is 4.21 Å². The maximum Gasteiger partial charge on any atom is 0.253 e. The minimum atomic E-state index is -3.41.